The Kier molecular flexibility index (Phi) is 8.34. The first-order chi connectivity index (χ1) is 18.4. The van der Waals surface area contributed by atoms with E-state index in [1.807, 2.05) is 20.8 Å². The van der Waals surface area contributed by atoms with Crippen LogP contribution >= 0.6 is 23.2 Å². The van der Waals surface area contributed by atoms with Crippen molar-refractivity contribution >= 4 is 34.8 Å². The second kappa shape index (κ2) is 11.2. The molecule has 0 spiro atoms. The van der Waals surface area contributed by atoms with Crippen LogP contribution in [0.1, 0.15) is 49.8 Å². The van der Waals surface area contributed by atoms with Crippen LogP contribution in [0.3, 0.4) is 0 Å². The molecule has 1 saturated heterocycles. The van der Waals surface area contributed by atoms with Crippen molar-refractivity contribution in [3.8, 4) is 6.07 Å². The summed E-state index contributed by atoms with van der Waals surface area (Å²) in [5.41, 5.74) is -1.02. The molecule has 0 aliphatic carbocycles. The van der Waals surface area contributed by atoms with Gasteiger partial charge in [0, 0.05) is 28.2 Å². The monoisotopic (exact) mass is 571 g/mol. The number of halogens is 4. The predicted octanol–water partition coefficient (Wildman–Crippen LogP) is 6.72. The van der Waals surface area contributed by atoms with Crippen LogP contribution in [0.25, 0.3) is 0 Å². The highest BCUT2D eigenvalue weighted by Gasteiger charge is 2.61. The van der Waals surface area contributed by atoms with Crippen molar-refractivity contribution in [2.75, 3.05) is 5.32 Å². The maximum atomic E-state index is 15.7. The van der Waals surface area contributed by atoms with Crippen LogP contribution in [0.5, 0.6) is 0 Å². The van der Waals surface area contributed by atoms with Gasteiger partial charge in [-0.05, 0) is 53.3 Å². The standard InChI is InChI=1S/C30H29Cl2F2N3O2/c1-29(2,3)14-24-30(16-35,21-11-10-18(31)13-23(21)33)25(20-8-5-9-22(32)26(20)34)27(37-24)28(39)36-19-7-4-6-17(12-19)15-38/h4-13,24-25,27,37-38H,14-15H2,1-3H3,(H,36,39)/t24-,25-,27+,30-/m0/s1. The predicted molar refractivity (Wildman–Crippen MR) is 149 cm³/mol. The number of hydrogen-bond donors (Lipinski definition) is 3. The summed E-state index contributed by atoms with van der Waals surface area (Å²) >= 11 is 12.2. The molecule has 0 aromatic heterocycles. The maximum absolute atomic E-state index is 15.7. The molecule has 3 N–H and O–H groups in total. The number of anilines is 1. The van der Waals surface area contributed by atoms with Gasteiger partial charge in [0.15, 0.2) is 0 Å². The van der Waals surface area contributed by atoms with Gasteiger partial charge in [-0.2, -0.15) is 5.26 Å². The Morgan fingerprint density at radius 2 is 1.85 bits per heavy atom. The van der Waals surface area contributed by atoms with Crippen molar-refractivity contribution in [1.29, 1.82) is 5.26 Å². The number of aliphatic hydroxyl groups excluding tert-OH is 1. The largest absolute Gasteiger partial charge is 0.392 e. The number of amides is 1. The molecule has 204 valence electrons. The molecule has 3 aromatic carbocycles. The molecule has 1 aliphatic rings. The Morgan fingerprint density at radius 1 is 1.13 bits per heavy atom. The van der Waals surface area contributed by atoms with Gasteiger partial charge >= 0.3 is 0 Å². The zero-order valence-corrected chi connectivity index (χ0v) is 23.2. The first kappa shape index (κ1) is 29.0. The SMILES string of the molecule is CC(C)(C)C[C@@H]1N[C@@H](C(=O)Nc2cccc(CO)c2)[C@H](c2cccc(Cl)c2F)[C@@]1(C#N)c1ccc(Cl)cc1F. The normalized spacial score (nSPS) is 22.9. The van der Waals surface area contributed by atoms with Gasteiger partial charge in [-0.15, -0.1) is 0 Å². The average molecular weight is 572 g/mol. The lowest BCUT2D eigenvalue weighted by molar-refractivity contribution is -0.118. The molecule has 39 heavy (non-hydrogen) atoms. The third kappa shape index (κ3) is 5.66. The summed E-state index contributed by atoms with van der Waals surface area (Å²) in [6.45, 7) is 5.69. The van der Waals surface area contributed by atoms with E-state index >= 15 is 8.78 Å². The van der Waals surface area contributed by atoms with Crippen molar-refractivity contribution in [3.63, 3.8) is 0 Å². The van der Waals surface area contributed by atoms with Crippen LogP contribution in [0.2, 0.25) is 10.0 Å². The first-order valence-electron chi connectivity index (χ1n) is 12.5. The van der Waals surface area contributed by atoms with Crippen LogP contribution in [-0.4, -0.2) is 23.1 Å². The Balaban J connectivity index is 1.95. The first-order valence-corrected chi connectivity index (χ1v) is 13.2. The number of nitrogens with one attached hydrogen (secondary N) is 2. The van der Waals surface area contributed by atoms with Gasteiger partial charge < -0.3 is 15.7 Å². The summed E-state index contributed by atoms with van der Waals surface area (Å²) < 4.78 is 31.4. The molecule has 5 nitrogen and oxygen atoms in total. The molecule has 0 saturated carbocycles. The molecule has 0 radical (unpaired) electrons. The Hall–Kier alpha value is -3.02. The highest BCUT2D eigenvalue weighted by Crippen LogP contribution is 2.52. The number of rotatable bonds is 6. The highest BCUT2D eigenvalue weighted by atomic mass is 35.5. The molecule has 1 heterocycles. The number of nitrogens with zero attached hydrogens (tertiary/aromatic N) is 1. The number of nitriles is 1. The number of benzene rings is 3. The van der Waals surface area contributed by atoms with Gasteiger partial charge in [-0.1, -0.05) is 74.3 Å². The third-order valence-corrected chi connectivity index (χ3v) is 7.64. The molecule has 1 fully saturated rings. The average Bonchev–Trinajstić information content (AvgIpc) is 3.18. The number of hydrogen-bond acceptors (Lipinski definition) is 4. The van der Waals surface area contributed by atoms with E-state index in [0.717, 1.165) is 6.07 Å². The van der Waals surface area contributed by atoms with Crippen LogP contribution in [0, 0.1) is 28.4 Å². The smallest absolute Gasteiger partial charge is 0.242 e. The number of carbonyl (C=O) groups excluding carboxylic acids is 1. The summed E-state index contributed by atoms with van der Waals surface area (Å²) in [7, 11) is 0. The molecule has 0 unspecified atom stereocenters. The minimum atomic E-state index is -1.71. The summed E-state index contributed by atoms with van der Waals surface area (Å²) in [6, 6.07) is 15.5. The molecular weight excluding hydrogens is 543 g/mol. The van der Waals surface area contributed by atoms with Gasteiger partial charge in [0.05, 0.1) is 23.7 Å². The number of aliphatic hydroxyl groups is 1. The van der Waals surface area contributed by atoms with E-state index in [-0.39, 0.29) is 33.2 Å². The van der Waals surface area contributed by atoms with E-state index in [9.17, 15) is 15.2 Å². The van der Waals surface area contributed by atoms with Crippen LogP contribution < -0.4 is 10.6 Å². The summed E-state index contributed by atoms with van der Waals surface area (Å²) in [4.78, 5) is 13.9. The van der Waals surface area contributed by atoms with E-state index in [1.165, 1.54) is 30.3 Å². The van der Waals surface area contributed by atoms with Crippen molar-refractivity contribution in [2.45, 2.75) is 57.2 Å². The fourth-order valence-electron chi connectivity index (χ4n) is 5.52. The highest BCUT2D eigenvalue weighted by molar-refractivity contribution is 6.31. The van der Waals surface area contributed by atoms with Gasteiger partial charge in [0.1, 0.15) is 17.0 Å². The lowest BCUT2D eigenvalue weighted by Gasteiger charge is -2.37. The lowest BCUT2D eigenvalue weighted by Crippen LogP contribution is -2.45. The van der Waals surface area contributed by atoms with Gasteiger partial charge in [-0.3, -0.25) is 4.79 Å². The molecule has 3 aromatic rings. The van der Waals surface area contributed by atoms with Gasteiger partial charge in [0.25, 0.3) is 0 Å². The fourth-order valence-corrected chi connectivity index (χ4v) is 5.86. The summed E-state index contributed by atoms with van der Waals surface area (Å²) in [6.07, 6.45) is 0.366. The second-order valence-corrected chi connectivity index (χ2v) is 11.9. The van der Waals surface area contributed by atoms with E-state index in [0.29, 0.717) is 17.7 Å². The quantitative estimate of drug-likeness (QED) is 0.306. The topological polar surface area (TPSA) is 85.2 Å². The molecule has 4 rings (SSSR count). The van der Waals surface area contributed by atoms with Crippen molar-refractivity contribution in [2.24, 2.45) is 5.41 Å². The van der Waals surface area contributed by atoms with Gasteiger partial charge in [0.2, 0.25) is 5.91 Å². The van der Waals surface area contributed by atoms with Gasteiger partial charge in [-0.25, -0.2) is 8.78 Å². The third-order valence-electron chi connectivity index (χ3n) is 7.11. The van der Waals surface area contributed by atoms with Crippen molar-refractivity contribution < 1.29 is 18.7 Å². The minimum Gasteiger partial charge on any atom is -0.392 e. The molecule has 4 atom stereocenters. The lowest BCUT2D eigenvalue weighted by atomic mass is 9.62. The Bertz CT molecular complexity index is 1440. The molecule has 9 heteroatoms. The molecular formula is C30H29Cl2F2N3O2. The van der Waals surface area contributed by atoms with Crippen molar-refractivity contribution in [1.82, 2.24) is 5.32 Å². The van der Waals surface area contributed by atoms with Crippen LogP contribution in [0.4, 0.5) is 14.5 Å². The van der Waals surface area contributed by atoms with Crippen LogP contribution in [0.15, 0.2) is 60.7 Å². The zero-order chi connectivity index (χ0) is 28.5. The molecule has 0 bridgehead atoms. The van der Waals surface area contributed by atoms with E-state index in [2.05, 4.69) is 16.7 Å². The van der Waals surface area contributed by atoms with Crippen molar-refractivity contribution in [3.05, 3.63) is 99.0 Å². The Morgan fingerprint density at radius 3 is 2.49 bits per heavy atom. The maximum Gasteiger partial charge on any atom is 0.242 e. The summed E-state index contributed by atoms with van der Waals surface area (Å²) in [5.74, 6) is -3.21. The van der Waals surface area contributed by atoms with Crippen LogP contribution in [-0.2, 0) is 16.8 Å². The zero-order valence-electron chi connectivity index (χ0n) is 21.7. The minimum absolute atomic E-state index is 0.0121. The van der Waals surface area contributed by atoms with E-state index in [4.69, 9.17) is 23.2 Å². The van der Waals surface area contributed by atoms with E-state index in [1.54, 1.807) is 24.3 Å². The van der Waals surface area contributed by atoms with E-state index < -0.39 is 41.0 Å². The molecule has 1 aliphatic heterocycles. The molecule has 1 amide bonds. The summed E-state index contributed by atoms with van der Waals surface area (Å²) in [5, 5.41) is 26.5. The second-order valence-electron chi connectivity index (χ2n) is 11.0. The Labute approximate surface area is 236 Å². The fraction of sp³-hybridized carbons (Fsp3) is 0.333. The number of carbonyl (C=O) groups is 1.